The van der Waals surface area contributed by atoms with Crippen LogP contribution in [0.15, 0.2) is 12.2 Å². The third kappa shape index (κ3) is 13.2. The number of allylic oxidation sites excluding steroid dienone is 1. The van der Waals surface area contributed by atoms with Gasteiger partial charge in [-0.2, -0.15) is 0 Å². The van der Waals surface area contributed by atoms with Gasteiger partial charge in [0.25, 0.3) is 0 Å². The fourth-order valence-electron chi connectivity index (χ4n) is 1.58. The minimum absolute atomic E-state index is 0.864. The maximum Gasteiger partial charge on any atom is 0.378 e. The van der Waals surface area contributed by atoms with E-state index in [1.165, 1.54) is 44.9 Å². The Morgan fingerprint density at radius 1 is 0.933 bits per heavy atom. The van der Waals surface area contributed by atoms with Crippen molar-refractivity contribution in [2.75, 3.05) is 0 Å². The summed E-state index contributed by atoms with van der Waals surface area (Å²) < 4.78 is 0. The smallest absolute Gasteiger partial charge is 0.242 e. The van der Waals surface area contributed by atoms with E-state index in [4.69, 9.17) is 0 Å². The largest absolute Gasteiger partial charge is 0.378 e. The number of unbranched alkanes of at least 4 members (excludes halogenated alkanes) is 8. The lowest BCUT2D eigenvalue weighted by Gasteiger charge is -1.99. The number of carbonyl (C=O) groups is 1. The molecule has 0 saturated heterocycles. The fraction of sp³-hybridized carbons (Fsp3) is 0.769. The van der Waals surface area contributed by atoms with Gasteiger partial charge in [-0.1, -0.05) is 57.9 Å². The number of rotatable bonds is 10. The molecule has 0 aromatic rings. The normalized spacial score (nSPS) is 11.0. The molecule has 0 atom stereocenters. The molecule has 0 fully saturated rings. The summed E-state index contributed by atoms with van der Waals surface area (Å²) in [5.41, 5.74) is 0. The zero-order valence-corrected chi connectivity index (χ0v) is 9.84. The van der Waals surface area contributed by atoms with Gasteiger partial charge in [0.1, 0.15) is 0 Å². The van der Waals surface area contributed by atoms with Gasteiger partial charge in [-0.05, 0) is 12.8 Å². The molecule has 2 nitrogen and oxygen atoms in total. The first-order chi connectivity index (χ1) is 7.27. The lowest BCUT2D eigenvalue weighted by Crippen LogP contribution is -1.83. The molecule has 0 spiro atoms. The summed E-state index contributed by atoms with van der Waals surface area (Å²) in [5, 5.41) is 10.0. The van der Waals surface area contributed by atoms with E-state index < -0.39 is 5.97 Å². The topological polar surface area (TPSA) is 37.0 Å². The molecule has 15 heavy (non-hydrogen) atoms. The fourth-order valence-corrected chi connectivity index (χ4v) is 1.58. The highest BCUT2D eigenvalue weighted by Crippen LogP contribution is 2.09. The standard InChI is InChI=1S/C13H23O2/c1-2-3-4-5-6-7-8-9-10-11-12-13(14)15/h11-12H,2-10H2,1H3. The van der Waals surface area contributed by atoms with Gasteiger partial charge in [0, 0.05) is 6.08 Å². The van der Waals surface area contributed by atoms with E-state index in [0.29, 0.717) is 0 Å². The molecule has 0 amide bonds. The van der Waals surface area contributed by atoms with E-state index in [2.05, 4.69) is 6.92 Å². The van der Waals surface area contributed by atoms with Crippen molar-refractivity contribution in [2.45, 2.75) is 64.7 Å². The Labute approximate surface area is 93.4 Å². The molecule has 0 aromatic carbocycles. The Morgan fingerprint density at radius 3 is 2.00 bits per heavy atom. The number of hydrogen-bond donors (Lipinski definition) is 0. The molecular weight excluding hydrogens is 188 g/mol. The lowest BCUT2D eigenvalue weighted by molar-refractivity contribution is -0.137. The molecule has 1 radical (unpaired) electrons. The molecule has 0 aliphatic heterocycles. The lowest BCUT2D eigenvalue weighted by atomic mass is 10.1. The quantitative estimate of drug-likeness (QED) is 0.397. The first-order valence-electron chi connectivity index (χ1n) is 6.15. The molecule has 0 rings (SSSR count). The van der Waals surface area contributed by atoms with Crippen molar-refractivity contribution in [1.29, 1.82) is 0 Å². The highest BCUT2D eigenvalue weighted by molar-refractivity contribution is 5.79. The van der Waals surface area contributed by atoms with Crippen LogP contribution in [0.1, 0.15) is 64.7 Å². The maximum atomic E-state index is 10.0. The number of hydrogen-bond acceptors (Lipinski definition) is 1. The van der Waals surface area contributed by atoms with Gasteiger partial charge in [0.2, 0.25) is 0 Å². The predicted octanol–water partition coefficient (Wildman–Crippen LogP) is 4.03. The van der Waals surface area contributed by atoms with E-state index in [-0.39, 0.29) is 0 Å². The van der Waals surface area contributed by atoms with Gasteiger partial charge in [0.05, 0.1) is 0 Å². The van der Waals surface area contributed by atoms with E-state index in [0.717, 1.165) is 18.9 Å². The SMILES string of the molecule is CCCCCCCCCCC=CC([O])=O. The third-order valence-corrected chi connectivity index (χ3v) is 2.48. The van der Waals surface area contributed by atoms with Crippen LogP contribution < -0.4 is 0 Å². The minimum atomic E-state index is -1.09. The Balaban J connectivity index is 3.02. The summed E-state index contributed by atoms with van der Waals surface area (Å²) in [6.07, 6.45) is 14.0. The Hall–Kier alpha value is -0.790. The molecule has 0 heterocycles. The monoisotopic (exact) mass is 211 g/mol. The second-order valence-electron chi connectivity index (χ2n) is 3.98. The Kier molecular flexibility index (Phi) is 10.7. The average molecular weight is 211 g/mol. The van der Waals surface area contributed by atoms with Crippen LogP contribution in [0.25, 0.3) is 0 Å². The second kappa shape index (κ2) is 11.3. The van der Waals surface area contributed by atoms with Crippen molar-refractivity contribution in [3.63, 3.8) is 0 Å². The molecule has 0 saturated carbocycles. The average Bonchev–Trinajstić information content (AvgIpc) is 2.20. The summed E-state index contributed by atoms with van der Waals surface area (Å²) in [6, 6.07) is 0. The molecule has 0 aliphatic rings. The molecule has 2 heteroatoms. The highest BCUT2D eigenvalue weighted by Gasteiger charge is 1.91. The predicted molar refractivity (Wildman–Crippen MR) is 62.1 cm³/mol. The highest BCUT2D eigenvalue weighted by atomic mass is 16.4. The summed E-state index contributed by atoms with van der Waals surface area (Å²) in [4.78, 5) is 10.0. The van der Waals surface area contributed by atoms with Crippen LogP contribution in [0.4, 0.5) is 0 Å². The zero-order chi connectivity index (χ0) is 11.4. The molecule has 0 aliphatic carbocycles. The van der Waals surface area contributed by atoms with E-state index in [1.54, 1.807) is 6.08 Å². The molecular formula is C13H23O2. The molecule has 0 unspecified atom stereocenters. The van der Waals surface area contributed by atoms with E-state index >= 15 is 0 Å². The summed E-state index contributed by atoms with van der Waals surface area (Å²) >= 11 is 0. The van der Waals surface area contributed by atoms with Gasteiger partial charge < -0.3 is 0 Å². The molecule has 0 N–H and O–H groups in total. The van der Waals surface area contributed by atoms with Crippen molar-refractivity contribution in [2.24, 2.45) is 0 Å². The van der Waals surface area contributed by atoms with Crippen LogP contribution in [0.2, 0.25) is 0 Å². The Morgan fingerprint density at radius 2 is 1.47 bits per heavy atom. The van der Waals surface area contributed by atoms with Gasteiger partial charge in [-0.25, -0.2) is 9.90 Å². The van der Waals surface area contributed by atoms with Crippen LogP contribution >= 0.6 is 0 Å². The van der Waals surface area contributed by atoms with Crippen molar-refractivity contribution in [3.05, 3.63) is 12.2 Å². The van der Waals surface area contributed by atoms with Gasteiger partial charge >= 0.3 is 5.97 Å². The van der Waals surface area contributed by atoms with Gasteiger partial charge in [-0.3, -0.25) is 0 Å². The van der Waals surface area contributed by atoms with Crippen molar-refractivity contribution in [1.82, 2.24) is 0 Å². The van der Waals surface area contributed by atoms with Crippen molar-refractivity contribution in [3.8, 4) is 0 Å². The van der Waals surface area contributed by atoms with E-state index in [9.17, 15) is 9.90 Å². The first kappa shape index (κ1) is 14.2. The van der Waals surface area contributed by atoms with E-state index in [1.807, 2.05) is 0 Å². The zero-order valence-electron chi connectivity index (χ0n) is 9.84. The summed E-state index contributed by atoms with van der Waals surface area (Å²) in [6.45, 7) is 2.23. The first-order valence-corrected chi connectivity index (χ1v) is 6.15. The minimum Gasteiger partial charge on any atom is -0.242 e. The molecule has 0 aromatic heterocycles. The van der Waals surface area contributed by atoms with Crippen LogP contribution in [0, 0.1) is 0 Å². The van der Waals surface area contributed by atoms with Gasteiger partial charge in [0.15, 0.2) is 0 Å². The van der Waals surface area contributed by atoms with Crippen LogP contribution in [-0.2, 0) is 9.90 Å². The maximum absolute atomic E-state index is 10.0. The summed E-state index contributed by atoms with van der Waals surface area (Å²) in [5.74, 6) is -1.09. The third-order valence-electron chi connectivity index (χ3n) is 2.48. The van der Waals surface area contributed by atoms with Crippen LogP contribution in [0.5, 0.6) is 0 Å². The van der Waals surface area contributed by atoms with Gasteiger partial charge in [-0.15, -0.1) is 0 Å². The number of carbonyl (C=O) groups excluding carboxylic acids is 1. The van der Waals surface area contributed by atoms with Crippen molar-refractivity contribution < 1.29 is 9.90 Å². The van der Waals surface area contributed by atoms with Crippen molar-refractivity contribution >= 4 is 5.97 Å². The van der Waals surface area contributed by atoms with Crippen LogP contribution in [-0.4, -0.2) is 5.97 Å². The van der Waals surface area contributed by atoms with Crippen LogP contribution in [0.3, 0.4) is 0 Å². The summed E-state index contributed by atoms with van der Waals surface area (Å²) in [7, 11) is 0. The molecule has 87 valence electrons. The molecule has 0 bridgehead atoms. The second-order valence-corrected chi connectivity index (χ2v) is 3.98. The Bertz CT molecular complexity index is 173.